The van der Waals surface area contributed by atoms with Crippen LogP contribution < -0.4 is 10.5 Å². The molecule has 188 valence electrons. The molecule has 5 rings (SSSR count). The molecular formula is C27H31N5O4. The van der Waals surface area contributed by atoms with Crippen LogP contribution in [-0.2, 0) is 12.8 Å². The molecule has 0 saturated carbocycles. The van der Waals surface area contributed by atoms with Crippen LogP contribution in [0.15, 0.2) is 40.9 Å². The molecule has 1 fully saturated rings. The van der Waals surface area contributed by atoms with Gasteiger partial charge in [-0.25, -0.2) is 4.79 Å². The molecule has 0 spiro atoms. The smallest absolute Gasteiger partial charge is 0.314 e. The first-order valence-electron chi connectivity index (χ1n) is 12.2. The Kier molecular flexibility index (Phi) is 7.86. The lowest BCUT2D eigenvalue weighted by Crippen LogP contribution is -2.44. The number of rotatable bonds is 4. The zero-order chi connectivity index (χ0) is 25.7. The summed E-state index contributed by atoms with van der Waals surface area (Å²) in [7, 11) is 0. The first-order valence-corrected chi connectivity index (χ1v) is 12.2. The monoisotopic (exact) mass is 489 g/mol. The minimum Gasteiger partial charge on any atom is -0.490 e. The second-order valence-electron chi connectivity index (χ2n) is 9.29. The van der Waals surface area contributed by atoms with Crippen LogP contribution in [0.4, 0.5) is 4.79 Å². The maximum Gasteiger partial charge on any atom is 0.314 e. The van der Waals surface area contributed by atoms with E-state index in [1.54, 1.807) is 12.1 Å². The molecule has 2 heterocycles. The van der Waals surface area contributed by atoms with E-state index < -0.39 is 6.03 Å². The number of aromatic nitrogens is 2. The van der Waals surface area contributed by atoms with Crippen molar-refractivity contribution in [2.75, 3.05) is 13.1 Å². The van der Waals surface area contributed by atoms with Crippen LogP contribution in [0.2, 0.25) is 0 Å². The fourth-order valence-electron chi connectivity index (χ4n) is 4.54. The molecule has 0 bridgehead atoms. The topological polar surface area (TPSA) is 138 Å². The van der Waals surface area contributed by atoms with Crippen molar-refractivity contribution in [2.24, 2.45) is 5.73 Å². The van der Waals surface area contributed by atoms with E-state index in [2.05, 4.69) is 22.3 Å². The summed E-state index contributed by atoms with van der Waals surface area (Å²) in [6, 6.07) is 13.3. The minimum atomic E-state index is -0.432. The van der Waals surface area contributed by atoms with Crippen molar-refractivity contribution in [3.63, 3.8) is 0 Å². The lowest BCUT2D eigenvalue weighted by atomic mass is 10.0. The van der Waals surface area contributed by atoms with Crippen molar-refractivity contribution in [3.8, 4) is 34.7 Å². The third-order valence-electron chi connectivity index (χ3n) is 6.23. The summed E-state index contributed by atoms with van der Waals surface area (Å²) in [6.07, 6.45) is 4.59. The second kappa shape index (κ2) is 11.2. The lowest BCUT2D eigenvalue weighted by molar-refractivity contribution is 0.0870. The van der Waals surface area contributed by atoms with Crippen LogP contribution in [0.5, 0.6) is 5.75 Å². The lowest BCUT2D eigenvalue weighted by Gasteiger charge is -2.28. The second-order valence-corrected chi connectivity index (χ2v) is 9.29. The molecular weight excluding hydrogens is 458 g/mol. The average molecular weight is 490 g/mol. The summed E-state index contributed by atoms with van der Waals surface area (Å²) in [5.74, 6) is 1.56. The Morgan fingerprint density at radius 3 is 2.81 bits per heavy atom. The van der Waals surface area contributed by atoms with Gasteiger partial charge in [0.1, 0.15) is 11.8 Å². The zero-order valence-electron chi connectivity index (χ0n) is 20.6. The summed E-state index contributed by atoms with van der Waals surface area (Å²) in [5.41, 5.74) is 9.90. The van der Waals surface area contributed by atoms with E-state index in [4.69, 9.17) is 20.1 Å². The van der Waals surface area contributed by atoms with Crippen molar-refractivity contribution in [1.82, 2.24) is 15.0 Å². The molecule has 1 atom stereocenters. The molecule has 2 aliphatic rings. The van der Waals surface area contributed by atoms with E-state index in [-0.39, 0.29) is 12.2 Å². The molecule has 9 nitrogen and oxygen atoms in total. The van der Waals surface area contributed by atoms with Crippen molar-refractivity contribution in [3.05, 3.63) is 53.1 Å². The molecule has 36 heavy (non-hydrogen) atoms. The molecule has 2 aromatic carbocycles. The number of amides is 2. The van der Waals surface area contributed by atoms with Gasteiger partial charge >= 0.3 is 6.03 Å². The number of fused-ring (bicyclic) bond motifs is 1. The van der Waals surface area contributed by atoms with E-state index in [9.17, 15) is 10.1 Å². The van der Waals surface area contributed by atoms with Crippen LogP contribution in [0.3, 0.4) is 0 Å². The van der Waals surface area contributed by atoms with E-state index in [1.165, 1.54) is 22.4 Å². The van der Waals surface area contributed by atoms with Crippen LogP contribution in [0.1, 0.15) is 49.8 Å². The third kappa shape index (κ3) is 5.83. The van der Waals surface area contributed by atoms with Gasteiger partial charge in [0.05, 0.1) is 17.8 Å². The molecule has 1 aliphatic carbocycles. The maximum absolute atomic E-state index is 10.5. The minimum absolute atomic E-state index is 0.00290. The molecule has 1 aromatic heterocycles. The Hall–Kier alpha value is -3.90. The highest BCUT2D eigenvalue weighted by molar-refractivity contribution is 5.72. The zero-order valence-corrected chi connectivity index (χ0v) is 20.6. The normalized spacial score (nSPS) is 16.6. The highest BCUT2D eigenvalue weighted by Gasteiger charge is 2.20. The average Bonchev–Trinajstić information content (AvgIpc) is 3.54. The highest BCUT2D eigenvalue weighted by Crippen LogP contribution is 2.33. The highest BCUT2D eigenvalue weighted by atomic mass is 16.5. The van der Waals surface area contributed by atoms with Gasteiger partial charge in [-0.3, -0.25) is 0 Å². The molecule has 2 amide bonds. The number of aryl methyl sites for hydroxylation is 1. The SMILES string of the molecule is CC(C)Oc1ccc(-c2nc(-c3cccc4c3CCC4)no2)cc1C#N.NC(=O)N1CCCC(O)C1. The van der Waals surface area contributed by atoms with Gasteiger partial charge in [-0.2, -0.15) is 10.2 Å². The van der Waals surface area contributed by atoms with E-state index in [1.807, 2.05) is 32.0 Å². The molecule has 9 heteroatoms. The number of likely N-dealkylation sites (tertiary alicyclic amines) is 1. The van der Waals surface area contributed by atoms with Gasteiger partial charge < -0.3 is 25.0 Å². The number of β-amino-alcohol motifs (C(OH)–C–C–N with tert-alkyl or cyclic N) is 1. The van der Waals surface area contributed by atoms with Crippen LogP contribution >= 0.6 is 0 Å². The van der Waals surface area contributed by atoms with Gasteiger partial charge in [-0.1, -0.05) is 23.4 Å². The predicted octanol–water partition coefficient (Wildman–Crippen LogP) is 4.07. The van der Waals surface area contributed by atoms with E-state index >= 15 is 0 Å². The Morgan fingerprint density at radius 1 is 1.28 bits per heavy atom. The van der Waals surface area contributed by atoms with Gasteiger partial charge in [0.25, 0.3) is 5.89 Å². The summed E-state index contributed by atoms with van der Waals surface area (Å²) in [5, 5.41) is 22.6. The van der Waals surface area contributed by atoms with Gasteiger partial charge in [0.2, 0.25) is 5.82 Å². The van der Waals surface area contributed by atoms with Gasteiger partial charge in [-0.05, 0) is 75.3 Å². The van der Waals surface area contributed by atoms with Crippen molar-refractivity contribution >= 4 is 6.03 Å². The number of aliphatic hydroxyl groups excluding tert-OH is 1. The summed E-state index contributed by atoms with van der Waals surface area (Å²) >= 11 is 0. The number of nitrogens with two attached hydrogens (primary N) is 1. The number of nitriles is 1. The molecule has 1 aliphatic heterocycles. The number of benzene rings is 2. The first-order chi connectivity index (χ1) is 17.4. The summed E-state index contributed by atoms with van der Waals surface area (Å²) < 4.78 is 11.1. The van der Waals surface area contributed by atoms with Crippen LogP contribution in [-0.4, -0.2) is 51.5 Å². The number of urea groups is 1. The van der Waals surface area contributed by atoms with E-state index in [0.29, 0.717) is 41.7 Å². The van der Waals surface area contributed by atoms with Crippen molar-refractivity contribution in [1.29, 1.82) is 5.26 Å². The van der Waals surface area contributed by atoms with Gasteiger partial charge in [-0.15, -0.1) is 0 Å². The van der Waals surface area contributed by atoms with Crippen molar-refractivity contribution in [2.45, 2.75) is 58.2 Å². The fourth-order valence-corrected chi connectivity index (χ4v) is 4.54. The standard InChI is InChI=1S/C21H19N3O2.C6H12N2O2/c1-13(2)25-19-10-9-15(11-16(19)12-22)21-23-20(24-26-21)18-8-4-6-14-5-3-7-17(14)18;7-6(10)8-3-1-2-5(9)4-8/h4,6,8-11,13H,3,5,7H2,1-2H3;5,9H,1-4H2,(H2,7,10). The number of nitrogens with zero attached hydrogens (tertiary/aromatic N) is 4. The third-order valence-corrected chi connectivity index (χ3v) is 6.23. The van der Waals surface area contributed by atoms with E-state index in [0.717, 1.165) is 31.2 Å². The Labute approximate surface area is 210 Å². The number of ether oxygens (including phenoxy) is 1. The number of aliphatic hydroxyl groups is 1. The number of piperidine rings is 1. The number of primary amides is 1. The summed E-state index contributed by atoms with van der Waals surface area (Å²) in [6.45, 7) is 4.94. The molecule has 0 radical (unpaired) electrons. The molecule has 1 unspecified atom stereocenters. The maximum atomic E-state index is 10.5. The number of carbonyl (C=O) groups is 1. The number of hydrogen-bond acceptors (Lipinski definition) is 7. The first kappa shape index (κ1) is 25.2. The van der Waals surface area contributed by atoms with Crippen molar-refractivity contribution < 1.29 is 19.2 Å². The van der Waals surface area contributed by atoms with Crippen LogP contribution in [0.25, 0.3) is 22.8 Å². The number of carbonyl (C=O) groups excluding carboxylic acids is 1. The Balaban J connectivity index is 0.000000256. The van der Waals surface area contributed by atoms with Crippen LogP contribution in [0, 0.1) is 11.3 Å². The summed E-state index contributed by atoms with van der Waals surface area (Å²) in [4.78, 5) is 16.6. The molecule has 3 N–H and O–H groups in total. The Bertz CT molecular complexity index is 1260. The Morgan fingerprint density at radius 2 is 2.11 bits per heavy atom. The molecule has 1 saturated heterocycles. The molecule has 3 aromatic rings. The number of hydrogen-bond donors (Lipinski definition) is 2. The fraction of sp³-hybridized carbons (Fsp3) is 0.407. The quantitative estimate of drug-likeness (QED) is 0.563. The predicted molar refractivity (Wildman–Crippen MR) is 134 cm³/mol. The van der Waals surface area contributed by atoms with Gasteiger partial charge in [0, 0.05) is 24.2 Å². The van der Waals surface area contributed by atoms with Gasteiger partial charge in [0.15, 0.2) is 0 Å². The largest absolute Gasteiger partial charge is 0.490 e.